The molecule has 0 aromatic carbocycles. The van der Waals surface area contributed by atoms with E-state index in [-0.39, 0.29) is 6.04 Å². The summed E-state index contributed by atoms with van der Waals surface area (Å²) < 4.78 is -0.391. The van der Waals surface area contributed by atoms with Crippen LogP contribution in [-0.4, -0.2) is 53.5 Å². The van der Waals surface area contributed by atoms with Gasteiger partial charge in [-0.05, 0) is 31.6 Å². The van der Waals surface area contributed by atoms with Crippen molar-refractivity contribution in [3.63, 3.8) is 0 Å². The van der Waals surface area contributed by atoms with Gasteiger partial charge in [-0.1, -0.05) is 6.92 Å². The largest absolute Gasteiger partial charge is 0.612 e. The molecule has 5 nitrogen and oxygen atoms in total. The predicted molar refractivity (Wildman–Crippen MR) is 82.4 cm³/mol. The van der Waals surface area contributed by atoms with Crippen molar-refractivity contribution in [1.29, 1.82) is 5.26 Å². The topological polar surface area (TPSA) is 62.1 Å². The normalized spacial score (nSPS) is 34.6. The molecule has 2 fully saturated rings. The van der Waals surface area contributed by atoms with Gasteiger partial charge in [0.25, 0.3) is 0 Å². The average Bonchev–Trinajstić information content (AvgIpc) is 2.86. The molecule has 2 aliphatic rings. The molecule has 2 unspecified atom stereocenters. The average molecular weight is 298 g/mol. The van der Waals surface area contributed by atoms with Gasteiger partial charge in [0.05, 0.1) is 25.7 Å². The fraction of sp³-hybridized carbons (Fsp3) is 0.929. The highest BCUT2D eigenvalue weighted by Crippen LogP contribution is 2.24. The zero-order chi connectivity index (χ0) is 14.6. The van der Waals surface area contributed by atoms with Crippen LogP contribution in [0.15, 0.2) is 0 Å². The van der Waals surface area contributed by atoms with Crippen molar-refractivity contribution in [2.75, 3.05) is 31.8 Å². The molecule has 1 aliphatic carbocycles. The summed E-state index contributed by atoms with van der Waals surface area (Å²) in [4.78, 5) is 2.11. The first-order chi connectivity index (χ1) is 9.50. The van der Waals surface area contributed by atoms with E-state index in [1.807, 2.05) is 0 Å². The molecule has 1 saturated heterocycles. The molecule has 1 saturated carbocycles. The maximum atomic E-state index is 12.5. The molecule has 1 heterocycles. The molecule has 114 valence electrons. The smallest absolute Gasteiger partial charge is 0.109 e. The van der Waals surface area contributed by atoms with E-state index in [4.69, 9.17) is 5.26 Å². The Morgan fingerprint density at radius 2 is 2.10 bits per heavy atom. The van der Waals surface area contributed by atoms with E-state index < -0.39 is 4.76 Å². The van der Waals surface area contributed by atoms with Gasteiger partial charge in [-0.15, -0.1) is 11.8 Å². The summed E-state index contributed by atoms with van der Waals surface area (Å²) in [6, 6.07) is 2.65. The van der Waals surface area contributed by atoms with Gasteiger partial charge in [0.1, 0.15) is 12.6 Å². The lowest BCUT2D eigenvalue weighted by Gasteiger charge is -2.43. The maximum Gasteiger partial charge on any atom is 0.109 e. The van der Waals surface area contributed by atoms with Crippen molar-refractivity contribution in [3.8, 4) is 6.07 Å². The number of nitrogens with one attached hydrogen (secondary N) is 1. The third-order valence-electron chi connectivity index (χ3n) is 4.41. The van der Waals surface area contributed by atoms with E-state index in [1.165, 1.54) is 12.8 Å². The number of likely N-dealkylation sites (N-methyl/N-ethyl adjacent to an activating group) is 1. The zero-order valence-electron chi connectivity index (χ0n) is 12.5. The minimum absolute atomic E-state index is 0.0180. The van der Waals surface area contributed by atoms with Crippen LogP contribution in [0.1, 0.15) is 32.6 Å². The lowest BCUT2D eigenvalue weighted by atomic mass is 9.88. The summed E-state index contributed by atoms with van der Waals surface area (Å²) in [5.74, 6) is 2.54. The van der Waals surface area contributed by atoms with Gasteiger partial charge in [0, 0.05) is 11.6 Å². The highest BCUT2D eigenvalue weighted by atomic mass is 32.2. The molecule has 0 aromatic heterocycles. The Hall–Kier alpha value is -0.320. The summed E-state index contributed by atoms with van der Waals surface area (Å²) in [6.45, 7) is 3.49. The fourth-order valence-corrected chi connectivity index (χ4v) is 4.13. The molecule has 2 atom stereocenters. The van der Waals surface area contributed by atoms with Gasteiger partial charge in [-0.3, -0.25) is 9.66 Å². The molecule has 0 aromatic rings. The van der Waals surface area contributed by atoms with Crippen molar-refractivity contribution in [2.45, 2.75) is 44.7 Å². The Morgan fingerprint density at radius 3 is 2.75 bits per heavy atom. The monoisotopic (exact) mass is 298 g/mol. The Bertz CT molecular complexity index is 350. The lowest BCUT2D eigenvalue weighted by Crippen LogP contribution is -2.57. The molecule has 6 heteroatoms. The van der Waals surface area contributed by atoms with Crippen LogP contribution in [0.25, 0.3) is 0 Å². The van der Waals surface area contributed by atoms with Gasteiger partial charge in [0.2, 0.25) is 0 Å². The highest BCUT2D eigenvalue weighted by molar-refractivity contribution is 7.99. The summed E-state index contributed by atoms with van der Waals surface area (Å²) in [7, 11) is 1.70. The number of quaternary nitrogens is 1. The van der Waals surface area contributed by atoms with Crippen molar-refractivity contribution < 1.29 is 4.76 Å². The Morgan fingerprint density at radius 1 is 1.40 bits per heavy atom. The van der Waals surface area contributed by atoms with Crippen LogP contribution >= 0.6 is 11.8 Å². The number of nitriles is 1. The van der Waals surface area contributed by atoms with E-state index >= 15 is 0 Å². The molecule has 20 heavy (non-hydrogen) atoms. The number of thioether (sulfide) groups is 1. The molecule has 1 aliphatic heterocycles. The second-order valence-corrected chi connectivity index (χ2v) is 7.37. The van der Waals surface area contributed by atoms with Crippen LogP contribution in [0, 0.1) is 22.5 Å². The van der Waals surface area contributed by atoms with Gasteiger partial charge in [-0.2, -0.15) is 10.7 Å². The van der Waals surface area contributed by atoms with Crippen molar-refractivity contribution in [2.24, 2.45) is 5.92 Å². The van der Waals surface area contributed by atoms with E-state index in [0.29, 0.717) is 19.1 Å². The van der Waals surface area contributed by atoms with Gasteiger partial charge in [0.15, 0.2) is 0 Å². The highest BCUT2D eigenvalue weighted by Gasteiger charge is 2.28. The van der Waals surface area contributed by atoms with Gasteiger partial charge in [-0.25, -0.2) is 0 Å². The molecule has 0 spiro atoms. The molecule has 1 N–H and O–H groups in total. The van der Waals surface area contributed by atoms with Gasteiger partial charge >= 0.3 is 0 Å². The molecule has 2 rings (SSSR count). The minimum Gasteiger partial charge on any atom is -0.612 e. The Labute approximate surface area is 126 Å². The Kier molecular flexibility index (Phi) is 5.70. The van der Waals surface area contributed by atoms with Crippen LogP contribution in [-0.2, 0) is 0 Å². The number of hydrogen-bond acceptors (Lipinski definition) is 5. The number of rotatable bonds is 5. The van der Waals surface area contributed by atoms with Crippen LogP contribution < -0.4 is 5.43 Å². The molecule has 0 radical (unpaired) electrons. The second kappa shape index (κ2) is 7.10. The zero-order valence-corrected chi connectivity index (χ0v) is 13.4. The molecule has 0 amide bonds. The standard InChI is InChI=1S/C14H26N4OS/c1-12-3-5-13(6-4-12)16-18(2,19)8-7-17-11-20-10-14(17)9-15/h12-14,16H,3-8,10-11H2,1-2H3. The van der Waals surface area contributed by atoms with Gasteiger partial charge < -0.3 is 5.21 Å². The number of hydroxylamine groups is 2. The first-order valence-electron chi connectivity index (χ1n) is 7.56. The molecular weight excluding hydrogens is 272 g/mol. The van der Waals surface area contributed by atoms with Crippen LogP contribution in [0.2, 0.25) is 0 Å². The van der Waals surface area contributed by atoms with E-state index in [0.717, 1.165) is 30.4 Å². The molecule has 0 bridgehead atoms. The summed E-state index contributed by atoms with van der Waals surface area (Å²) >= 11 is 1.78. The van der Waals surface area contributed by atoms with Crippen LogP contribution in [0.4, 0.5) is 0 Å². The third-order valence-corrected chi connectivity index (χ3v) is 5.47. The van der Waals surface area contributed by atoms with Crippen molar-refractivity contribution in [1.82, 2.24) is 10.3 Å². The summed E-state index contributed by atoms with van der Waals surface area (Å²) in [5, 5.41) is 21.6. The Balaban J connectivity index is 1.74. The second-order valence-electron chi connectivity index (χ2n) is 6.37. The SMILES string of the molecule is CC1CCC(N[N+](C)([O-])CCN2CSCC2C#N)CC1. The quantitative estimate of drug-likeness (QED) is 0.620. The first kappa shape index (κ1) is 16.1. The van der Waals surface area contributed by atoms with Crippen LogP contribution in [0.3, 0.4) is 0 Å². The van der Waals surface area contributed by atoms with E-state index in [1.54, 1.807) is 18.8 Å². The predicted octanol–water partition coefficient (Wildman–Crippen LogP) is 1.91. The fourth-order valence-electron chi connectivity index (χ4n) is 2.98. The third kappa shape index (κ3) is 4.61. The van der Waals surface area contributed by atoms with E-state index in [9.17, 15) is 5.21 Å². The first-order valence-corrected chi connectivity index (χ1v) is 8.71. The van der Waals surface area contributed by atoms with Crippen molar-refractivity contribution >= 4 is 11.8 Å². The lowest BCUT2D eigenvalue weighted by molar-refractivity contribution is -0.908. The molecular formula is C14H26N4OS. The minimum atomic E-state index is -0.391. The van der Waals surface area contributed by atoms with Crippen LogP contribution in [0.5, 0.6) is 0 Å². The maximum absolute atomic E-state index is 12.5. The number of hydrogen-bond donors (Lipinski definition) is 1. The van der Waals surface area contributed by atoms with E-state index in [2.05, 4.69) is 23.3 Å². The number of nitrogens with zero attached hydrogens (tertiary/aromatic N) is 3. The summed E-state index contributed by atoms with van der Waals surface area (Å²) in [5.41, 5.74) is 3.24. The van der Waals surface area contributed by atoms with Crippen molar-refractivity contribution in [3.05, 3.63) is 5.21 Å². The summed E-state index contributed by atoms with van der Waals surface area (Å²) in [6.07, 6.45) is 4.66.